The molecule has 1 amide bonds. The molecule has 2 rings (SSSR count). The highest BCUT2D eigenvalue weighted by molar-refractivity contribution is 7.89. The Hall–Kier alpha value is -1.60. The minimum atomic E-state index is -3.56. The van der Waals surface area contributed by atoms with Gasteiger partial charge in [-0.25, -0.2) is 8.42 Å². The van der Waals surface area contributed by atoms with Crippen LogP contribution in [0.5, 0.6) is 0 Å². The van der Waals surface area contributed by atoms with Crippen LogP contribution < -0.4 is 10.6 Å². The number of carbonyl (C=O) groups is 1. The first-order chi connectivity index (χ1) is 9.32. The topological polar surface area (TPSA) is 83.7 Å². The minimum absolute atomic E-state index is 0.0795. The number of nitrogens with two attached hydrogens (primary N) is 1. The van der Waals surface area contributed by atoms with Crippen LogP contribution in [-0.4, -0.2) is 38.8 Å². The van der Waals surface area contributed by atoms with Gasteiger partial charge in [0.25, 0.3) is 0 Å². The van der Waals surface area contributed by atoms with E-state index in [2.05, 4.69) is 0 Å². The summed E-state index contributed by atoms with van der Waals surface area (Å²) >= 11 is 0. The van der Waals surface area contributed by atoms with Crippen LogP contribution in [0.1, 0.15) is 19.4 Å². The number of hydrogen-bond acceptors (Lipinski definition) is 4. The monoisotopic (exact) mass is 297 g/mol. The van der Waals surface area contributed by atoms with Gasteiger partial charge in [-0.3, -0.25) is 4.79 Å². The number of hydrogen-bond donors (Lipinski definition) is 1. The number of rotatable bonds is 4. The van der Waals surface area contributed by atoms with Crippen LogP contribution in [0.15, 0.2) is 17.0 Å². The van der Waals surface area contributed by atoms with Crippen molar-refractivity contribution in [2.75, 3.05) is 30.8 Å². The molecule has 0 aromatic heterocycles. The van der Waals surface area contributed by atoms with Crippen molar-refractivity contribution in [3.05, 3.63) is 17.7 Å². The summed E-state index contributed by atoms with van der Waals surface area (Å²) in [4.78, 5) is 13.3. The maximum Gasteiger partial charge on any atom is 0.243 e. The summed E-state index contributed by atoms with van der Waals surface area (Å²) in [5.41, 5.74) is 7.54. The second-order valence-electron chi connectivity index (χ2n) is 4.74. The van der Waals surface area contributed by atoms with Gasteiger partial charge in [0.1, 0.15) is 0 Å². The number of nitrogens with zero attached hydrogens (tertiary/aromatic N) is 2. The summed E-state index contributed by atoms with van der Waals surface area (Å²) in [6.45, 7) is 4.37. The van der Waals surface area contributed by atoms with Crippen molar-refractivity contribution in [1.82, 2.24) is 4.31 Å². The van der Waals surface area contributed by atoms with Crippen LogP contribution in [0.4, 0.5) is 11.4 Å². The van der Waals surface area contributed by atoms with Crippen molar-refractivity contribution in [1.29, 1.82) is 0 Å². The molecule has 0 aliphatic carbocycles. The molecule has 1 aromatic rings. The van der Waals surface area contributed by atoms with Gasteiger partial charge in [-0.1, -0.05) is 13.8 Å². The molecule has 20 heavy (non-hydrogen) atoms. The Morgan fingerprint density at radius 2 is 1.90 bits per heavy atom. The smallest absolute Gasteiger partial charge is 0.243 e. The lowest BCUT2D eigenvalue weighted by Crippen LogP contribution is -2.30. The van der Waals surface area contributed by atoms with Crippen molar-refractivity contribution in [2.24, 2.45) is 0 Å². The Labute approximate surface area is 119 Å². The van der Waals surface area contributed by atoms with Crippen LogP contribution >= 0.6 is 0 Å². The number of likely N-dealkylation sites (N-methyl/N-ethyl adjacent to an activating group) is 1. The van der Waals surface area contributed by atoms with Gasteiger partial charge < -0.3 is 10.6 Å². The number of nitrogen functional groups attached to an aromatic ring is 1. The lowest BCUT2D eigenvalue weighted by molar-refractivity contribution is -0.117. The van der Waals surface area contributed by atoms with Crippen LogP contribution in [0.2, 0.25) is 0 Å². The van der Waals surface area contributed by atoms with Gasteiger partial charge in [-0.15, -0.1) is 0 Å². The van der Waals surface area contributed by atoms with Gasteiger partial charge in [0.05, 0.1) is 22.7 Å². The average molecular weight is 297 g/mol. The van der Waals surface area contributed by atoms with Crippen molar-refractivity contribution >= 4 is 27.3 Å². The van der Waals surface area contributed by atoms with E-state index in [0.29, 0.717) is 30.0 Å². The third kappa shape index (κ3) is 2.16. The molecule has 0 atom stereocenters. The molecule has 0 bridgehead atoms. The van der Waals surface area contributed by atoms with Crippen molar-refractivity contribution < 1.29 is 13.2 Å². The number of sulfonamides is 1. The summed E-state index contributed by atoms with van der Waals surface area (Å²) in [5.74, 6) is -0.0795. The standard InChI is InChI=1S/C13H19N3O3S/c1-4-16(5-2)20(18,19)10-6-9-7-12(17)15(3)13(9)11(14)8-10/h6,8H,4-5,7,14H2,1-3H3. The number of amides is 1. The molecule has 1 aliphatic rings. The summed E-state index contributed by atoms with van der Waals surface area (Å²) < 4.78 is 26.3. The van der Waals surface area contributed by atoms with Crippen LogP contribution in [0.3, 0.4) is 0 Å². The molecular weight excluding hydrogens is 278 g/mol. The maximum absolute atomic E-state index is 12.5. The van der Waals surface area contributed by atoms with E-state index in [1.807, 2.05) is 0 Å². The van der Waals surface area contributed by atoms with Crippen LogP contribution in [0.25, 0.3) is 0 Å². The lowest BCUT2D eigenvalue weighted by atomic mass is 10.1. The molecule has 0 radical (unpaired) electrons. The molecule has 110 valence electrons. The summed E-state index contributed by atoms with van der Waals surface area (Å²) in [6.07, 6.45) is 0.192. The Bertz CT molecular complexity index is 651. The summed E-state index contributed by atoms with van der Waals surface area (Å²) in [7, 11) is -1.91. The SMILES string of the molecule is CCN(CC)S(=O)(=O)c1cc(N)c2c(c1)CC(=O)N2C. The molecule has 0 saturated heterocycles. The number of carbonyl (C=O) groups excluding carboxylic acids is 1. The Balaban J connectivity index is 2.55. The van der Waals surface area contributed by atoms with Gasteiger partial charge in [0, 0.05) is 20.1 Å². The van der Waals surface area contributed by atoms with E-state index >= 15 is 0 Å². The fourth-order valence-electron chi connectivity index (χ4n) is 2.50. The summed E-state index contributed by atoms with van der Waals surface area (Å²) in [6, 6.07) is 2.99. The maximum atomic E-state index is 12.5. The first-order valence-electron chi connectivity index (χ1n) is 6.52. The van der Waals surface area contributed by atoms with E-state index in [0.717, 1.165) is 0 Å². The zero-order chi connectivity index (χ0) is 15.1. The third-order valence-electron chi connectivity index (χ3n) is 3.59. The molecule has 1 aromatic carbocycles. The molecule has 7 heteroatoms. The Morgan fingerprint density at radius 3 is 2.45 bits per heavy atom. The van der Waals surface area contributed by atoms with E-state index < -0.39 is 10.0 Å². The zero-order valence-electron chi connectivity index (χ0n) is 11.9. The van der Waals surface area contributed by atoms with Gasteiger partial charge in [-0.2, -0.15) is 4.31 Å². The molecule has 6 nitrogen and oxygen atoms in total. The van der Waals surface area contributed by atoms with E-state index in [1.165, 1.54) is 15.3 Å². The largest absolute Gasteiger partial charge is 0.397 e. The van der Waals surface area contributed by atoms with Gasteiger partial charge in [0.2, 0.25) is 15.9 Å². The average Bonchev–Trinajstić information content (AvgIpc) is 2.66. The Kier molecular flexibility index (Phi) is 3.75. The number of fused-ring (bicyclic) bond motifs is 1. The minimum Gasteiger partial charge on any atom is -0.397 e. The first kappa shape index (κ1) is 14.8. The van der Waals surface area contributed by atoms with Crippen molar-refractivity contribution in [3.63, 3.8) is 0 Å². The van der Waals surface area contributed by atoms with Gasteiger partial charge in [-0.05, 0) is 17.7 Å². The Morgan fingerprint density at radius 1 is 1.30 bits per heavy atom. The molecule has 0 saturated carbocycles. The fourth-order valence-corrected chi connectivity index (χ4v) is 4.05. The van der Waals surface area contributed by atoms with Crippen molar-refractivity contribution in [3.8, 4) is 0 Å². The van der Waals surface area contributed by atoms with E-state index in [4.69, 9.17) is 5.73 Å². The molecule has 0 spiro atoms. The quantitative estimate of drug-likeness (QED) is 0.834. The third-order valence-corrected chi connectivity index (χ3v) is 5.61. The van der Waals surface area contributed by atoms with Gasteiger partial charge >= 0.3 is 0 Å². The van der Waals surface area contributed by atoms with E-state index in [9.17, 15) is 13.2 Å². The van der Waals surface area contributed by atoms with Crippen LogP contribution in [0, 0.1) is 0 Å². The fraction of sp³-hybridized carbons (Fsp3) is 0.462. The van der Waals surface area contributed by atoms with E-state index in [-0.39, 0.29) is 17.2 Å². The molecule has 0 unspecified atom stereocenters. The van der Waals surface area contributed by atoms with Gasteiger partial charge in [0.15, 0.2) is 0 Å². The predicted molar refractivity (Wildman–Crippen MR) is 78.1 cm³/mol. The van der Waals surface area contributed by atoms with Crippen LogP contribution in [-0.2, 0) is 21.2 Å². The second-order valence-corrected chi connectivity index (χ2v) is 6.68. The number of anilines is 2. The zero-order valence-corrected chi connectivity index (χ0v) is 12.7. The summed E-state index contributed by atoms with van der Waals surface area (Å²) in [5, 5.41) is 0. The molecular formula is C13H19N3O3S. The number of benzene rings is 1. The molecule has 0 fully saturated rings. The predicted octanol–water partition coefficient (Wildman–Crippen LogP) is 0.818. The normalized spacial score (nSPS) is 15.0. The van der Waals surface area contributed by atoms with E-state index in [1.54, 1.807) is 27.0 Å². The molecule has 2 N–H and O–H groups in total. The van der Waals surface area contributed by atoms with Crippen molar-refractivity contribution in [2.45, 2.75) is 25.2 Å². The highest BCUT2D eigenvalue weighted by Gasteiger charge is 2.30. The highest BCUT2D eigenvalue weighted by Crippen LogP contribution is 2.36. The molecule has 1 aliphatic heterocycles. The second kappa shape index (κ2) is 5.06. The highest BCUT2D eigenvalue weighted by atomic mass is 32.2. The first-order valence-corrected chi connectivity index (χ1v) is 7.96. The molecule has 1 heterocycles. The lowest BCUT2D eigenvalue weighted by Gasteiger charge is -2.20.